The van der Waals surface area contributed by atoms with E-state index >= 15 is 0 Å². The predicted octanol–water partition coefficient (Wildman–Crippen LogP) is 3.08. The second-order valence-corrected chi connectivity index (χ2v) is 5.67. The smallest absolute Gasteiger partial charge is 0.322 e. The van der Waals surface area contributed by atoms with E-state index in [1.807, 2.05) is 0 Å². The van der Waals surface area contributed by atoms with Gasteiger partial charge >= 0.3 is 6.01 Å². The van der Waals surface area contributed by atoms with Gasteiger partial charge in [0.25, 0.3) is 0 Å². The van der Waals surface area contributed by atoms with Crippen molar-refractivity contribution in [3.8, 4) is 6.01 Å². The van der Waals surface area contributed by atoms with Gasteiger partial charge in [-0.1, -0.05) is 20.3 Å². The molecule has 1 aliphatic carbocycles. The fraction of sp³-hybridized carbons (Fsp3) is 0.800. The summed E-state index contributed by atoms with van der Waals surface area (Å²) in [7, 11) is 1.58. The van der Waals surface area contributed by atoms with E-state index in [4.69, 9.17) is 4.74 Å². The van der Waals surface area contributed by atoms with Crippen molar-refractivity contribution < 1.29 is 4.74 Å². The summed E-state index contributed by atoms with van der Waals surface area (Å²) in [6.45, 7) is 5.23. The lowest BCUT2D eigenvalue weighted by atomic mass is 9.85. The highest BCUT2D eigenvalue weighted by Crippen LogP contribution is 2.28. The van der Waals surface area contributed by atoms with Crippen LogP contribution in [0.15, 0.2) is 0 Å². The SMILES string of the molecule is CCCNc1nc(NC2CCC(CC)CC2)nc(OC)n1. The normalized spacial score (nSPS) is 21.9. The molecular weight excluding hydrogens is 266 g/mol. The lowest BCUT2D eigenvalue weighted by Gasteiger charge is -2.28. The first-order chi connectivity index (χ1) is 10.2. The van der Waals surface area contributed by atoms with Crippen LogP contribution < -0.4 is 15.4 Å². The molecule has 21 heavy (non-hydrogen) atoms. The van der Waals surface area contributed by atoms with E-state index in [9.17, 15) is 0 Å². The Bertz CT molecular complexity index is 432. The summed E-state index contributed by atoms with van der Waals surface area (Å²) in [6, 6.07) is 0.812. The average Bonchev–Trinajstić information content (AvgIpc) is 2.53. The van der Waals surface area contributed by atoms with E-state index in [1.165, 1.54) is 32.1 Å². The molecular formula is C15H27N5O. The van der Waals surface area contributed by atoms with Gasteiger partial charge < -0.3 is 15.4 Å². The second-order valence-electron chi connectivity index (χ2n) is 5.67. The minimum Gasteiger partial charge on any atom is -0.467 e. The molecule has 6 heteroatoms. The van der Waals surface area contributed by atoms with Gasteiger partial charge in [-0.2, -0.15) is 15.0 Å². The molecule has 1 saturated carbocycles. The summed E-state index contributed by atoms with van der Waals surface area (Å²) in [5, 5.41) is 6.62. The van der Waals surface area contributed by atoms with Gasteiger partial charge in [0, 0.05) is 12.6 Å². The number of nitrogens with one attached hydrogen (secondary N) is 2. The van der Waals surface area contributed by atoms with Crippen LogP contribution in [0, 0.1) is 5.92 Å². The molecule has 0 atom stereocenters. The van der Waals surface area contributed by atoms with Crippen LogP contribution in [-0.4, -0.2) is 34.6 Å². The number of methoxy groups -OCH3 is 1. The van der Waals surface area contributed by atoms with Crippen molar-refractivity contribution in [2.45, 2.75) is 58.4 Å². The first kappa shape index (κ1) is 15.8. The summed E-state index contributed by atoms with van der Waals surface area (Å²) in [6.07, 6.45) is 7.26. The molecule has 1 aromatic rings. The highest BCUT2D eigenvalue weighted by molar-refractivity contribution is 5.36. The molecule has 0 radical (unpaired) electrons. The van der Waals surface area contributed by atoms with Crippen LogP contribution in [0.1, 0.15) is 52.4 Å². The zero-order valence-electron chi connectivity index (χ0n) is 13.4. The number of aromatic nitrogens is 3. The molecule has 6 nitrogen and oxygen atoms in total. The van der Waals surface area contributed by atoms with E-state index < -0.39 is 0 Å². The molecule has 0 aliphatic heterocycles. The molecule has 0 saturated heterocycles. The third-order valence-electron chi connectivity index (χ3n) is 4.09. The van der Waals surface area contributed by atoms with Crippen LogP contribution in [0.3, 0.4) is 0 Å². The van der Waals surface area contributed by atoms with Crippen LogP contribution in [0.4, 0.5) is 11.9 Å². The summed E-state index contributed by atoms with van der Waals surface area (Å²) < 4.78 is 5.16. The van der Waals surface area contributed by atoms with Gasteiger partial charge in [-0.05, 0) is 38.0 Å². The maximum Gasteiger partial charge on any atom is 0.322 e. The van der Waals surface area contributed by atoms with Crippen molar-refractivity contribution in [3.63, 3.8) is 0 Å². The lowest BCUT2D eigenvalue weighted by Crippen LogP contribution is -2.27. The highest BCUT2D eigenvalue weighted by Gasteiger charge is 2.21. The van der Waals surface area contributed by atoms with Gasteiger partial charge in [-0.15, -0.1) is 0 Å². The Balaban J connectivity index is 1.98. The lowest BCUT2D eigenvalue weighted by molar-refractivity contribution is 0.329. The standard InChI is InChI=1S/C15H27N5O/c1-4-10-16-13-18-14(20-15(19-13)21-3)17-12-8-6-11(5-2)7-9-12/h11-12H,4-10H2,1-3H3,(H2,16,17,18,19,20). The third kappa shape index (κ3) is 4.72. The van der Waals surface area contributed by atoms with Crippen molar-refractivity contribution in [2.24, 2.45) is 5.92 Å². The molecule has 0 spiro atoms. The molecule has 1 fully saturated rings. The number of nitrogens with zero attached hydrogens (tertiary/aromatic N) is 3. The van der Waals surface area contributed by atoms with E-state index in [-0.39, 0.29) is 0 Å². The maximum absolute atomic E-state index is 5.16. The Morgan fingerprint density at radius 1 is 1.05 bits per heavy atom. The van der Waals surface area contributed by atoms with Crippen LogP contribution in [0.25, 0.3) is 0 Å². The van der Waals surface area contributed by atoms with E-state index in [2.05, 4.69) is 39.4 Å². The topological polar surface area (TPSA) is 72.0 Å². The molecule has 0 amide bonds. The summed E-state index contributed by atoms with van der Waals surface area (Å²) >= 11 is 0. The molecule has 1 aliphatic rings. The number of hydrogen-bond donors (Lipinski definition) is 2. The van der Waals surface area contributed by atoms with Crippen molar-refractivity contribution in [3.05, 3.63) is 0 Å². The molecule has 0 aromatic carbocycles. The Morgan fingerprint density at radius 2 is 1.76 bits per heavy atom. The summed E-state index contributed by atoms with van der Waals surface area (Å²) in [4.78, 5) is 12.9. The summed E-state index contributed by atoms with van der Waals surface area (Å²) in [5.74, 6) is 2.08. The van der Waals surface area contributed by atoms with Gasteiger partial charge in [0.1, 0.15) is 0 Å². The molecule has 0 bridgehead atoms. The molecule has 2 rings (SSSR count). The molecule has 2 N–H and O–H groups in total. The fourth-order valence-corrected chi connectivity index (χ4v) is 2.73. The minimum atomic E-state index is 0.355. The molecule has 1 aromatic heterocycles. The zero-order valence-corrected chi connectivity index (χ0v) is 13.4. The first-order valence-corrected chi connectivity index (χ1v) is 8.05. The maximum atomic E-state index is 5.16. The largest absolute Gasteiger partial charge is 0.467 e. The van der Waals surface area contributed by atoms with Crippen molar-refractivity contribution >= 4 is 11.9 Å². The number of hydrogen-bond acceptors (Lipinski definition) is 6. The number of anilines is 2. The second kappa shape index (κ2) is 8.00. The van der Waals surface area contributed by atoms with Crippen LogP contribution in [0.5, 0.6) is 6.01 Å². The first-order valence-electron chi connectivity index (χ1n) is 8.05. The Labute approximate surface area is 127 Å². The highest BCUT2D eigenvalue weighted by atomic mass is 16.5. The number of ether oxygens (including phenoxy) is 1. The van der Waals surface area contributed by atoms with Crippen molar-refractivity contribution in [1.29, 1.82) is 0 Å². The Kier molecular flexibility index (Phi) is 6.02. The van der Waals surface area contributed by atoms with E-state index in [0.29, 0.717) is 23.9 Å². The average molecular weight is 293 g/mol. The van der Waals surface area contributed by atoms with Crippen LogP contribution in [0.2, 0.25) is 0 Å². The van der Waals surface area contributed by atoms with E-state index in [1.54, 1.807) is 7.11 Å². The summed E-state index contributed by atoms with van der Waals surface area (Å²) in [5.41, 5.74) is 0. The van der Waals surface area contributed by atoms with Crippen molar-refractivity contribution in [2.75, 3.05) is 24.3 Å². The molecule has 0 unspecified atom stereocenters. The van der Waals surface area contributed by atoms with Crippen LogP contribution >= 0.6 is 0 Å². The van der Waals surface area contributed by atoms with E-state index in [0.717, 1.165) is 18.9 Å². The van der Waals surface area contributed by atoms with Crippen molar-refractivity contribution in [1.82, 2.24) is 15.0 Å². The van der Waals surface area contributed by atoms with Gasteiger partial charge in [-0.3, -0.25) is 0 Å². The van der Waals surface area contributed by atoms with Gasteiger partial charge in [0.2, 0.25) is 11.9 Å². The predicted molar refractivity (Wildman–Crippen MR) is 84.8 cm³/mol. The Hall–Kier alpha value is -1.59. The van der Waals surface area contributed by atoms with Gasteiger partial charge in [0.15, 0.2) is 0 Å². The minimum absolute atomic E-state index is 0.355. The monoisotopic (exact) mass is 293 g/mol. The zero-order chi connectivity index (χ0) is 15.1. The third-order valence-corrected chi connectivity index (χ3v) is 4.09. The Morgan fingerprint density at radius 3 is 2.38 bits per heavy atom. The molecule has 118 valence electrons. The quantitative estimate of drug-likeness (QED) is 0.805. The van der Waals surface area contributed by atoms with Gasteiger partial charge in [0.05, 0.1) is 7.11 Å². The van der Waals surface area contributed by atoms with Gasteiger partial charge in [-0.25, -0.2) is 0 Å². The van der Waals surface area contributed by atoms with Crippen LogP contribution in [-0.2, 0) is 0 Å². The molecule has 1 heterocycles. The fourth-order valence-electron chi connectivity index (χ4n) is 2.73. The number of rotatable bonds is 7.